The Morgan fingerprint density at radius 1 is 0.667 bits per heavy atom. The van der Waals surface area contributed by atoms with Crippen molar-refractivity contribution in [3.8, 4) is 22.6 Å². The fourth-order valence-electron chi connectivity index (χ4n) is 5.34. The number of carboxylic acids is 1. The second-order valence-corrected chi connectivity index (χ2v) is 12.5. The number of carboxylic acid groups (broad SMARTS) is 1. The van der Waals surface area contributed by atoms with E-state index in [1.807, 2.05) is 25.1 Å². The van der Waals surface area contributed by atoms with Gasteiger partial charge < -0.3 is 21.1 Å². The van der Waals surface area contributed by atoms with Gasteiger partial charge in [0.05, 0.1) is 11.4 Å². The number of aromatic carboxylic acids is 1. The molecular weight excluding hydrogens is 634 g/mol. The van der Waals surface area contributed by atoms with E-state index in [0.29, 0.717) is 38.8 Å². The number of nitrogens with zero attached hydrogens (tertiary/aromatic N) is 4. The molecule has 0 spiro atoms. The predicted octanol–water partition coefficient (Wildman–Crippen LogP) is 9.05. The first kappa shape index (κ1) is 31.8. The largest absolute Gasteiger partial charge is 0.505 e. The molecule has 6 aromatic carbocycles. The summed E-state index contributed by atoms with van der Waals surface area (Å²) in [6.45, 7) is 3.63. The molecule has 0 radical (unpaired) electrons. The van der Waals surface area contributed by atoms with Crippen molar-refractivity contribution in [3.05, 3.63) is 108 Å². The summed E-state index contributed by atoms with van der Waals surface area (Å²) in [4.78, 5) is 11.1. The maximum Gasteiger partial charge on any atom is 0.339 e. The number of fused-ring (bicyclic) bond motifs is 2. The molecule has 0 amide bonds. The maximum atomic E-state index is 12.1. The van der Waals surface area contributed by atoms with Crippen LogP contribution in [0.4, 0.5) is 28.4 Å². The van der Waals surface area contributed by atoms with E-state index in [0.717, 1.165) is 16.7 Å². The third-order valence-electron chi connectivity index (χ3n) is 7.82. The molecule has 6 aromatic rings. The molecule has 0 atom stereocenters. The normalized spacial score (nSPS) is 12.1. The van der Waals surface area contributed by atoms with Gasteiger partial charge in [-0.25, -0.2) is 4.79 Å². The van der Waals surface area contributed by atoms with Gasteiger partial charge in [0.25, 0.3) is 10.1 Å². The highest BCUT2D eigenvalue weighted by atomic mass is 32.2. The number of nitrogens with two attached hydrogens (primary N) is 1. The number of phenolic OH excluding ortho intramolecular Hbond substituents is 1. The van der Waals surface area contributed by atoms with E-state index >= 15 is 0 Å². The topological polar surface area (TPSA) is 208 Å². The summed E-state index contributed by atoms with van der Waals surface area (Å²) in [5.74, 6) is -2.24. The highest BCUT2D eigenvalue weighted by Gasteiger charge is 2.22. The van der Waals surface area contributed by atoms with E-state index < -0.39 is 38.2 Å². The minimum absolute atomic E-state index is 0.0548. The first-order valence-corrected chi connectivity index (χ1v) is 15.8. The van der Waals surface area contributed by atoms with Gasteiger partial charge >= 0.3 is 5.97 Å². The fraction of sp³-hybridized carbons (Fsp3) is 0.0571. The van der Waals surface area contributed by atoms with Crippen molar-refractivity contribution in [3.63, 3.8) is 0 Å². The van der Waals surface area contributed by atoms with Crippen molar-refractivity contribution in [1.29, 1.82) is 0 Å². The fourth-order valence-corrected chi connectivity index (χ4v) is 5.99. The lowest BCUT2D eigenvalue weighted by molar-refractivity contribution is 0.0694. The van der Waals surface area contributed by atoms with Crippen LogP contribution in [0, 0.1) is 13.8 Å². The second kappa shape index (κ2) is 12.2. The number of azo groups is 2. The summed E-state index contributed by atoms with van der Waals surface area (Å²) >= 11 is 0. The number of nitrogen functional groups attached to an aromatic ring is 1. The Labute approximate surface area is 273 Å². The Bertz CT molecular complexity index is 2480. The molecule has 0 aliphatic rings. The molecule has 13 heteroatoms. The van der Waals surface area contributed by atoms with Gasteiger partial charge in [-0.2, -0.15) is 18.6 Å². The van der Waals surface area contributed by atoms with Crippen molar-refractivity contribution in [1.82, 2.24) is 0 Å². The Kier molecular flexibility index (Phi) is 8.08. The number of aromatic hydroxyl groups is 2. The number of anilines is 1. The van der Waals surface area contributed by atoms with Gasteiger partial charge in [-0.3, -0.25) is 4.55 Å². The lowest BCUT2D eigenvalue weighted by Crippen LogP contribution is -1.99. The lowest BCUT2D eigenvalue weighted by atomic mass is 10.00. The van der Waals surface area contributed by atoms with Crippen LogP contribution in [0.1, 0.15) is 21.5 Å². The molecule has 6 rings (SSSR count). The third kappa shape index (κ3) is 6.02. The summed E-state index contributed by atoms with van der Waals surface area (Å²) < 4.78 is 34.1. The van der Waals surface area contributed by atoms with Crippen LogP contribution in [0.5, 0.6) is 11.5 Å². The quantitative estimate of drug-likeness (QED) is 0.0631. The molecule has 48 heavy (non-hydrogen) atoms. The van der Waals surface area contributed by atoms with Crippen LogP contribution >= 0.6 is 0 Å². The van der Waals surface area contributed by atoms with E-state index in [4.69, 9.17) is 5.73 Å². The average Bonchev–Trinajstić information content (AvgIpc) is 3.04. The summed E-state index contributed by atoms with van der Waals surface area (Å²) in [6, 6.07) is 24.9. The Hall–Kier alpha value is -6.18. The predicted molar refractivity (Wildman–Crippen MR) is 182 cm³/mol. The van der Waals surface area contributed by atoms with Crippen LogP contribution in [0.15, 0.2) is 116 Å². The minimum atomic E-state index is -4.76. The van der Waals surface area contributed by atoms with E-state index in [-0.39, 0.29) is 16.6 Å². The first-order chi connectivity index (χ1) is 22.8. The number of hydrogen-bond acceptors (Lipinski definition) is 10. The standard InChI is InChI=1S/C35H27N5O7S/c1-18-13-20(8-11-28(18)37-39-31-25-6-4-3-5-22(25)15-27(34(31)42)35(43)44)21-9-12-29(19(2)14-21)38-40-32-30(48(45,46)47)16-23-7-10-24(36)17-26(23)33(32)41/h3-17,41-42H,36H2,1-2H3,(H,43,44)(H,45,46,47). The van der Waals surface area contributed by atoms with Crippen LogP contribution in [0.2, 0.25) is 0 Å². The molecule has 0 aliphatic heterocycles. The van der Waals surface area contributed by atoms with Gasteiger partial charge in [0.1, 0.15) is 21.8 Å². The zero-order valence-electron chi connectivity index (χ0n) is 25.4. The molecular formula is C35H27N5O7S. The number of rotatable bonds is 7. The molecule has 240 valence electrons. The monoisotopic (exact) mass is 661 g/mol. The van der Waals surface area contributed by atoms with Crippen molar-refractivity contribution in [2.24, 2.45) is 20.5 Å². The van der Waals surface area contributed by atoms with Crippen LogP contribution in [-0.2, 0) is 10.1 Å². The molecule has 0 unspecified atom stereocenters. The SMILES string of the molecule is Cc1cc(-c2ccc(N=Nc3c(O)c(C(=O)O)cc4ccccc34)c(C)c2)ccc1N=Nc1c(S(=O)(=O)O)cc2ccc(N)cc2c1O. The zero-order chi connectivity index (χ0) is 34.3. The van der Waals surface area contributed by atoms with Gasteiger partial charge in [-0.15, -0.1) is 10.2 Å². The van der Waals surface area contributed by atoms with Crippen molar-refractivity contribution >= 4 is 66.1 Å². The number of benzene rings is 6. The average molecular weight is 662 g/mol. The van der Waals surface area contributed by atoms with Crippen LogP contribution in [0.25, 0.3) is 32.7 Å². The number of aryl methyl sites for hydroxylation is 2. The van der Waals surface area contributed by atoms with Crippen molar-refractivity contribution < 1.29 is 33.1 Å². The molecule has 0 saturated heterocycles. The molecule has 0 heterocycles. The number of phenols is 2. The minimum Gasteiger partial charge on any atom is -0.505 e. The third-order valence-corrected chi connectivity index (χ3v) is 8.69. The van der Waals surface area contributed by atoms with E-state index in [1.54, 1.807) is 49.4 Å². The molecule has 6 N–H and O–H groups in total. The smallest absolute Gasteiger partial charge is 0.339 e. The summed E-state index contributed by atoms with van der Waals surface area (Å²) in [7, 11) is -4.76. The molecule has 0 aromatic heterocycles. The maximum absolute atomic E-state index is 12.1. The molecule has 12 nitrogen and oxygen atoms in total. The van der Waals surface area contributed by atoms with Crippen molar-refractivity contribution in [2.75, 3.05) is 5.73 Å². The van der Waals surface area contributed by atoms with Crippen LogP contribution < -0.4 is 5.73 Å². The van der Waals surface area contributed by atoms with E-state index in [2.05, 4.69) is 20.5 Å². The lowest BCUT2D eigenvalue weighted by Gasteiger charge is -2.10. The van der Waals surface area contributed by atoms with E-state index in [9.17, 15) is 33.1 Å². The molecule has 0 bridgehead atoms. The Morgan fingerprint density at radius 2 is 1.25 bits per heavy atom. The highest BCUT2D eigenvalue weighted by Crippen LogP contribution is 2.43. The summed E-state index contributed by atoms with van der Waals surface area (Å²) in [5.41, 5.74) is 9.58. The molecule has 0 aliphatic carbocycles. The molecule has 0 fully saturated rings. The Balaban J connectivity index is 1.30. The molecule has 0 saturated carbocycles. The highest BCUT2D eigenvalue weighted by molar-refractivity contribution is 7.86. The van der Waals surface area contributed by atoms with Gasteiger partial charge in [-0.1, -0.05) is 42.5 Å². The number of hydrogen-bond donors (Lipinski definition) is 5. The van der Waals surface area contributed by atoms with Crippen LogP contribution in [-0.4, -0.2) is 34.3 Å². The van der Waals surface area contributed by atoms with Crippen LogP contribution in [0.3, 0.4) is 0 Å². The Morgan fingerprint density at radius 3 is 1.83 bits per heavy atom. The first-order valence-electron chi connectivity index (χ1n) is 14.4. The van der Waals surface area contributed by atoms with Gasteiger partial charge in [-0.05, 0) is 95.4 Å². The van der Waals surface area contributed by atoms with E-state index in [1.165, 1.54) is 30.3 Å². The summed E-state index contributed by atoms with van der Waals surface area (Å²) in [6.07, 6.45) is 0. The van der Waals surface area contributed by atoms with Gasteiger partial charge in [0.15, 0.2) is 11.5 Å². The van der Waals surface area contributed by atoms with Crippen molar-refractivity contribution in [2.45, 2.75) is 18.7 Å². The second-order valence-electron chi connectivity index (χ2n) is 11.1. The number of carbonyl (C=O) groups is 1. The zero-order valence-corrected chi connectivity index (χ0v) is 26.3. The summed E-state index contributed by atoms with van der Waals surface area (Å²) in [5, 5.41) is 49.6. The van der Waals surface area contributed by atoms with Gasteiger partial charge in [0.2, 0.25) is 0 Å². The van der Waals surface area contributed by atoms with Gasteiger partial charge in [0, 0.05) is 16.5 Å².